The fourth-order valence-corrected chi connectivity index (χ4v) is 8.01. The maximum atomic E-state index is 15.2. The minimum absolute atomic E-state index is 0.00455. The molecule has 0 radical (unpaired) electrons. The lowest BCUT2D eigenvalue weighted by molar-refractivity contribution is -0.121. The number of pyridine rings is 1. The normalized spacial score (nSPS) is 17.8. The Labute approximate surface area is 286 Å². The molecule has 0 bridgehead atoms. The monoisotopic (exact) mass is 682 g/mol. The number of nitrogens with one attached hydrogen (secondary N) is 1. The first-order valence-electron chi connectivity index (χ1n) is 15.9. The number of aromatic nitrogens is 1. The van der Waals surface area contributed by atoms with Crippen molar-refractivity contribution in [2.45, 2.75) is 23.9 Å². The van der Waals surface area contributed by atoms with Crippen molar-refractivity contribution in [3.05, 3.63) is 101 Å². The fourth-order valence-electron chi connectivity index (χ4n) is 6.40. The van der Waals surface area contributed by atoms with Gasteiger partial charge < -0.3 is 24.0 Å². The number of fused-ring (bicyclic) bond motifs is 1. The average molecular weight is 683 g/mol. The van der Waals surface area contributed by atoms with Gasteiger partial charge in [-0.2, -0.15) is 5.26 Å². The Morgan fingerprint density at radius 3 is 2.47 bits per heavy atom. The summed E-state index contributed by atoms with van der Waals surface area (Å²) in [5.41, 5.74) is 1.03. The molecular weight excluding hydrogens is 644 g/mol. The Kier molecular flexibility index (Phi) is 9.47. The molecule has 4 aromatic rings. The minimum atomic E-state index is -4.59. The van der Waals surface area contributed by atoms with Crippen molar-refractivity contribution in [3.63, 3.8) is 0 Å². The predicted octanol–water partition coefficient (Wildman–Crippen LogP) is 3.89. The van der Waals surface area contributed by atoms with Gasteiger partial charge in [0.2, 0.25) is 5.88 Å². The molecule has 0 saturated carbocycles. The number of ether oxygens (including phenoxy) is 3. The Balaban J connectivity index is 1.52. The van der Waals surface area contributed by atoms with E-state index in [2.05, 4.69) is 45.4 Å². The van der Waals surface area contributed by atoms with Gasteiger partial charge in [-0.15, -0.1) is 0 Å². The van der Waals surface area contributed by atoms with Gasteiger partial charge >= 0.3 is 0 Å². The molecule has 2 aliphatic heterocycles. The number of sulfonamides is 1. The third kappa shape index (κ3) is 6.03. The fraction of sp³-hybridized carbons (Fsp3) is 0.306. The van der Waals surface area contributed by atoms with Gasteiger partial charge in [-0.3, -0.25) is 10.1 Å². The van der Waals surface area contributed by atoms with Gasteiger partial charge in [-0.25, -0.2) is 17.7 Å². The molecule has 254 valence electrons. The zero-order valence-electron chi connectivity index (χ0n) is 27.8. The number of rotatable bonds is 11. The smallest absolute Gasteiger partial charge is 0.274 e. The zero-order valence-corrected chi connectivity index (χ0v) is 28.7. The van der Waals surface area contributed by atoms with E-state index in [-0.39, 0.29) is 46.5 Å². The second-order valence-corrected chi connectivity index (χ2v) is 13.5. The molecule has 49 heavy (non-hydrogen) atoms. The van der Waals surface area contributed by atoms with Gasteiger partial charge in [0.1, 0.15) is 16.4 Å². The number of hydrogen-bond donors (Lipinski definition) is 1. The van der Waals surface area contributed by atoms with Crippen molar-refractivity contribution < 1.29 is 27.4 Å². The Hall–Kier alpha value is -5.16. The van der Waals surface area contributed by atoms with E-state index < -0.39 is 21.5 Å². The maximum Gasteiger partial charge on any atom is 0.274 e. The van der Waals surface area contributed by atoms with Crippen LogP contribution in [-0.2, 0) is 26.9 Å². The first-order chi connectivity index (χ1) is 23.7. The molecule has 1 saturated heterocycles. The van der Waals surface area contributed by atoms with E-state index in [4.69, 9.17) is 14.2 Å². The number of likely N-dealkylation sites (N-methyl/N-ethyl adjacent to an activating group) is 1. The third-order valence-electron chi connectivity index (χ3n) is 8.94. The summed E-state index contributed by atoms with van der Waals surface area (Å²) in [5, 5.41) is 13.4. The summed E-state index contributed by atoms with van der Waals surface area (Å²) in [7, 11) is 0.318. The summed E-state index contributed by atoms with van der Waals surface area (Å²) < 4.78 is 46.7. The topological polar surface area (TPSA) is 137 Å². The molecule has 1 aromatic heterocycles. The van der Waals surface area contributed by atoms with E-state index in [1.54, 1.807) is 31.3 Å². The standard InChI is InChI=1S/C36H38N6O6S/c1-5-48-34-29(10-7-15-38-34)36(39-24-26-8-6-9-27(20-26)41-18-16-40(2)17-19-41)30-21-25(23-37)11-13-31(30)42(35(36)43)49(44,45)33-14-12-28(46-3)22-32(33)47-4/h6-15,20-22,39H,5,16-19,24H2,1-4H3. The lowest BCUT2D eigenvalue weighted by atomic mass is 9.83. The summed E-state index contributed by atoms with van der Waals surface area (Å²) >= 11 is 0. The molecule has 0 aliphatic carbocycles. The second-order valence-electron chi connectivity index (χ2n) is 11.8. The van der Waals surface area contributed by atoms with Crippen molar-refractivity contribution in [2.24, 2.45) is 0 Å². The van der Waals surface area contributed by atoms with Gasteiger partial charge in [-0.1, -0.05) is 12.1 Å². The van der Waals surface area contributed by atoms with Crippen LogP contribution in [0.3, 0.4) is 0 Å². The lowest BCUT2D eigenvalue weighted by Crippen LogP contribution is -2.52. The number of nitriles is 1. The Morgan fingerprint density at radius 2 is 1.76 bits per heavy atom. The summed E-state index contributed by atoms with van der Waals surface area (Å²) in [6.07, 6.45) is 1.55. The molecule has 3 heterocycles. The summed E-state index contributed by atoms with van der Waals surface area (Å²) in [4.78, 5) is 24.0. The molecule has 12 nitrogen and oxygen atoms in total. The molecule has 6 rings (SSSR count). The summed E-state index contributed by atoms with van der Waals surface area (Å²) in [5.74, 6) is -0.259. The van der Waals surface area contributed by atoms with Crippen LogP contribution in [0.5, 0.6) is 17.4 Å². The summed E-state index contributed by atoms with van der Waals surface area (Å²) in [6.45, 7) is 5.88. The number of carbonyl (C=O) groups is 1. The largest absolute Gasteiger partial charge is 0.497 e. The molecule has 13 heteroatoms. The van der Waals surface area contributed by atoms with Crippen molar-refractivity contribution in [2.75, 3.05) is 63.3 Å². The highest BCUT2D eigenvalue weighted by molar-refractivity contribution is 7.93. The quantitative estimate of drug-likeness (QED) is 0.247. The minimum Gasteiger partial charge on any atom is -0.497 e. The van der Waals surface area contributed by atoms with Gasteiger partial charge in [-0.05, 0) is 74.1 Å². The van der Waals surface area contributed by atoms with Crippen LogP contribution in [0.15, 0.2) is 83.9 Å². The number of carbonyl (C=O) groups excluding carboxylic acids is 1. The number of anilines is 2. The Morgan fingerprint density at radius 1 is 0.959 bits per heavy atom. The number of benzene rings is 3. The number of piperazine rings is 1. The number of nitrogens with zero attached hydrogens (tertiary/aromatic N) is 5. The number of hydrogen-bond acceptors (Lipinski definition) is 11. The van der Waals surface area contributed by atoms with Crippen LogP contribution in [-0.4, -0.2) is 78.3 Å². The van der Waals surface area contributed by atoms with Crippen molar-refractivity contribution in [3.8, 4) is 23.4 Å². The zero-order chi connectivity index (χ0) is 34.8. The van der Waals surface area contributed by atoms with Crippen molar-refractivity contribution in [1.82, 2.24) is 15.2 Å². The first-order valence-corrected chi connectivity index (χ1v) is 17.3. The molecule has 1 unspecified atom stereocenters. The molecule has 1 N–H and O–H groups in total. The second kappa shape index (κ2) is 13.8. The molecular formula is C36H38N6O6S. The van der Waals surface area contributed by atoms with Crippen LogP contribution in [0, 0.1) is 11.3 Å². The van der Waals surface area contributed by atoms with Crippen LogP contribution in [0.4, 0.5) is 11.4 Å². The van der Waals surface area contributed by atoms with E-state index in [1.165, 1.54) is 44.6 Å². The lowest BCUT2D eigenvalue weighted by Gasteiger charge is -2.34. The van der Waals surface area contributed by atoms with Gasteiger partial charge in [0.05, 0.1) is 38.1 Å². The van der Waals surface area contributed by atoms with Crippen LogP contribution in [0.1, 0.15) is 29.2 Å². The van der Waals surface area contributed by atoms with Gasteiger partial charge in [0, 0.05) is 61.8 Å². The molecule has 2 aliphatic rings. The molecule has 1 fully saturated rings. The average Bonchev–Trinajstić information content (AvgIpc) is 3.38. The van der Waals surface area contributed by atoms with Crippen LogP contribution in [0.2, 0.25) is 0 Å². The van der Waals surface area contributed by atoms with Gasteiger partial charge in [0.15, 0.2) is 5.54 Å². The highest BCUT2D eigenvalue weighted by Gasteiger charge is 2.58. The SMILES string of the molecule is CCOc1ncccc1C1(NCc2cccc(N3CCN(C)CC3)c2)C(=O)N(S(=O)(=O)c2ccc(OC)cc2OC)c2ccc(C#N)cc21. The van der Waals surface area contributed by atoms with Crippen LogP contribution >= 0.6 is 0 Å². The number of methoxy groups -OCH3 is 2. The van der Waals surface area contributed by atoms with Crippen LogP contribution < -0.4 is 28.7 Å². The van der Waals surface area contributed by atoms with Crippen molar-refractivity contribution >= 4 is 27.3 Å². The van der Waals surface area contributed by atoms with Gasteiger partial charge in [0.25, 0.3) is 15.9 Å². The highest BCUT2D eigenvalue weighted by atomic mass is 32.2. The van der Waals surface area contributed by atoms with Crippen LogP contribution in [0.25, 0.3) is 0 Å². The molecule has 3 aromatic carbocycles. The maximum absolute atomic E-state index is 15.2. The summed E-state index contributed by atoms with van der Waals surface area (Å²) in [6, 6.07) is 22.3. The van der Waals surface area contributed by atoms with E-state index in [9.17, 15) is 13.7 Å². The van der Waals surface area contributed by atoms with E-state index in [1.807, 2.05) is 12.1 Å². The molecule has 1 amide bonds. The van der Waals surface area contributed by atoms with E-state index >= 15 is 4.79 Å². The highest BCUT2D eigenvalue weighted by Crippen LogP contribution is 2.50. The Bertz CT molecular complexity index is 2020. The van der Waals surface area contributed by atoms with Crippen molar-refractivity contribution in [1.29, 1.82) is 5.26 Å². The first kappa shape index (κ1) is 33.7. The van der Waals surface area contributed by atoms with E-state index in [0.29, 0.717) is 11.3 Å². The third-order valence-corrected chi connectivity index (χ3v) is 10.7. The predicted molar refractivity (Wildman–Crippen MR) is 185 cm³/mol. The molecule has 1 atom stereocenters. The van der Waals surface area contributed by atoms with E-state index in [0.717, 1.165) is 41.7 Å². The number of amides is 1. The molecule has 0 spiro atoms.